The molecule has 1 aromatic carbocycles. The maximum atomic E-state index is 13.3. The fourth-order valence-corrected chi connectivity index (χ4v) is 2.68. The molecule has 1 atom stereocenters. The summed E-state index contributed by atoms with van der Waals surface area (Å²) in [4.78, 5) is 18.5. The van der Waals surface area contributed by atoms with E-state index in [-0.39, 0.29) is 17.8 Å². The van der Waals surface area contributed by atoms with Gasteiger partial charge in [0.05, 0.1) is 18.8 Å². The van der Waals surface area contributed by atoms with Gasteiger partial charge in [0, 0.05) is 25.0 Å². The number of benzene rings is 1. The summed E-state index contributed by atoms with van der Waals surface area (Å²) in [5, 5.41) is 2.80. The molecule has 1 aromatic heterocycles. The summed E-state index contributed by atoms with van der Waals surface area (Å²) >= 11 is 0. The molecule has 0 aliphatic carbocycles. The number of ether oxygens (including phenoxy) is 1. The van der Waals surface area contributed by atoms with E-state index in [1.54, 1.807) is 17.3 Å². The second kappa shape index (κ2) is 8.29. The Morgan fingerprint density at radius 3 is 2.58 bits per heavy atom. The number of aromatic nitrogens is 1. The summed E-state index contributed by atoms with van der Waals surface area (Å²) < 4.78 is 18.4. The van der Waals surface area contributed by atoms with Crippen LogP contribution in [-0.4, -0.2) is 29.6 Å². The smallest absolute Gasteiger partial charge is 0.322 e. The van der Waals surface area contributed by atoms with Crippen molar-refractivity contribution < 1.29 is 13.9 Å². The minimum absolute atomic E-state index is 0.0653. The van der Waals surface area contributed by atoms with Crippen LogP contribution in [0.15, 0.2) is 42.7 Å². The molecule has 0 bridgehead atoms. The van der Waals surface area contributed by atoms with Crippen LogP contribution in [0.3, 0.4) is 0 Å². The average Bonchev–Trinajstić information content (AvgIpc) is 2.61. The Labute approximate surface area is 141 Å². The molecule has 0 radical (unpaired) electrons. The monoisotopic (exact) mass is 331 g/mol. The molecule has 2 rings (SSSR count). The number of pyridine rings is 1. The zero-order chi connectivity index (χ0) is 17.5. The Kier molecular flexibility index (Phi) is 6.12. The third-order valence-electron chi connectivity index (χ3n) is 3.86. The molecule has 0 aliphatic rings. The summed E-state index contributed by atoms with van der Waals surface area (Å²) in [6.07, 6.45) is 4.20. The number of nitrogens with zero attached hydrogens (tertiary/aromatic N) is 2. The molecule has 5 nitrogen and oxygen atoms in total. The van der Waals surface area contributed by atoms with Gasteiger partial charge < -0.3 is 15.0 Å². The van der Waals surface area contributed by atoms with Gasteiger partial charge in [0.2, 0.25) is 0 Å². The number of hydrogen-bond acceptors (Lipinski definition) is 3. The van der Waals surface area contributed by atoms with Gasteiger partial charge >= 0.3 is 6.03 Å². The third kappa shape index (κ3) is 4.01. The number of carbonyl (C=O) groups is 1. The van der Waals surface area contributed by atoms with Crippen molar-refractivity contribution in [1.82, 2.24) is 9.88 Å². The number of nitrogens with one attached hydrogen (secondary N) is 1. The molecule has 24 heavy (non-hydrogen) atoms. The van der Waals surface area contributed by atoms with Crippen molar-refractivity contribution in [3.8, 4) is 5.75 Å². The van der Waals surface area contributed by atoms with Gasteiger partial charge in [0.1, 0.15) is 11.6 Å². The van der Waals surface area contributed by atoms with Crippen LogP contribution in [0.25, 0.3) is 0 Å². The molecule has 0 saturated heterocycles. The van der Waals surface area contributed by atoms with Gasteiger partial charge in [0.25, 0.3) is 0 Å². The van der Waals surface area contributed by atoms with Gasteiger partial charge in [-0.25, -0.2) is 9.18 Å². The molecule has 6 heteroatoms. The number of anilines is 1. The highest BCUT2D eigenvalue weighted by Gasteiger charge is 2.23. The molecule has 2 amide bonds. The lowest BCUT2D eigenvalue weighted by atomic mass is 10.0. The lowest BCUT2D eigenvalue weighted by molar-refractivity contribution is 0.189. The fraction of sp³-hybridized carbons (Fsp3) is 0.333. The number of carbonyl (C=O) groups excluding carboxylic acids is 1. The van der Waals surface area contributed by atoms with Crippen molar-refractivity contribution in [2.24, 2.45) is 0 Å². The van der Waals surface area contributed by atoms with E-state index >= 15 is 0 Å². The number of amides is 2. The maximum Gasteiger partial charge on any atom is 0.322 e. The largest absolute Gasteiger partial charge is 0.494 e. The number of rotatable bonds is 6. The first-order valence-corrected chi connectivity index (χ1v) is 7.91. The highest BCUT2D eigenvalue weighted by molar-refractivity contribution is 5.91. The Morgan fingerprint density at radius 2 is 2.00 bits per heavy atom. The quantitative estimate of drug-likeness (QED) is 0.861. The van der Waals surface area contributed by atoms with Crippen LogP contribution in [0.2, 0.25) is 0 Å². The van der Waals surface area contributed by atoms with Gasteiger partial charge in [0.15, 0.2) is 0 Å². The maximum absolute atomic E-state index is 13.3. The Hall–Kier alpha value is -2.63. The van der Waals surface area contributed by atoms with Crippen LogP contribution in [0, 0.1) is 5.82 Å². The van der Waals surface area contributed by atoms with Crippen LogP contribution < -0.4 is 10.1 Å². The lowest BCUT2D eigenvalue weighted by Crippen LogP contribution is -2.38. The Balaban J connectivity index is 2.22. The van der Waals surface area contributed by atoms with Gasteiger partial charge in [-0.3, -0.25) is 4.98 Å². The van der Waals surface area contributed by atoms with Gasteiger partial charge in [-0.05, 0) is 43.2 Å². The fourth-order valence-electron chi connectivity index (χ4n) is 2.68. The molecular formula is C18H22FN3O2. The number of urea groups is 1. The minimum atomic E-state index is -0.416. The number of methoxy groups -OCH3 is 1. The zero-order valence-electron chi connectivity index (χ0n) is 14.1. The van der Waals surface area contributed by atoms with Crippen molar-refractivity contribution in [3.63, 3.8) is 0 Å². The first kappa shape index (κ1) is 17.7. The zero-order valence-corrected chi connectivity index (χ0v) is 14.1. The lowest BCUT2D eigenvalue weighted by Gasteiger charge is -2.30. The summed E-state index contributed by atoms with van der Waals surface area (Å²) in [5.74, 6) is -0.128. The topological polar surface area (TPSA) is 54.5 Å². The highest BCUT2D eigenvalue weighted by atomic mass is 19.1. The molecule has 0 unspecified atom stereocenters. The van der Waals surface area contributed by atoms with E-state index in [2.05, 4.69) is 10.3 Å². The van der Waals surface area contributed by atoms with E-state index < -0.39 is 5.82 Å². The average molecular weight is 331 g/mol. The van der Waals surface area contributed by atoms with Crippen molar-refractivity contribution in [2.75, 3.05) is 19.0 Å². The van der Waals surface area contributed by atoms with Gasteiger partial charge in [-0.15, -0.1) is 0 Å². The van der Waals surface area contributed by atoms with Crippen LogP contribution in [0.5, 0.6) is 5.75 Å². The van der Waals surface area contributed by atoms with Crippen molar-refractivity contribution in [2.45, 2.75) is 26.3 Å². The molecular weight excluding hydrogens is 309 g/mol. The van der Waals surface area contributed by atoms with E-state index in [1.807, 2.05) is 26.0 Å². The van der Waals surface area contributed by atoms with Crippen molar-refractivity contribution in [1.29, 1.82) is 0 Å². The Morgan fingerprint density at radius 1 is 1.29 bits per heavy atom. The van der Waals surface area contributed by atoms with E-state index in [0.717, 1.165) is 12.0 Å². The second-order valence-electron chi connectivity index (χ2n) is 5.27. The molecule has 1 heterocycles. The van der Waals surface area contributed by atoms with Gasteiger partial charge in [-0.1, -0.05) is 6.92 Å². The number of halogens is 1. The van der Waals surface area contributed by atoms with E-state index in [9.17, 15) is 9.18 Å². The molecule has 128 valence electrons. The van der Waals surface area contributed by atoms with Crippen LogP contribution in [0.4, 0.5) is 14.9 Å². The first-order valence-electron chi connectivity index (χ1n) is 7.91. The van der Waals surface area contributed by atoms with Crippen LogP contribution in [-0.2, 0) is 0 Å². The molecule has 0 spiro atoms. The van der Waals surface area contributed by atoms with Crippen molar-refractivity contribution >= 4 is 11.7 Å². The first-order chi connectivity index (χ1) is 11.6. The minimum Gasteiger partial charge on any atom is -0.494 e. The summed E-state index contributed by atoms with van der Waals surface area (Å²) in [7, 11) is 1.44. The third-order valence-corrected chi connectivity index (χ3v) is 3.86. The molecule has 0 saturated carbocycles. The second-order valence-corrected chi connectivity index (χ2v) is 5.27. The summed E-state index contributed by atoms with van der Waals surface area (Å²) in [6, 6.07) is 7.51. The SMILES string of the molecule is CC[C@H](c1ccncc1)N(CC)C(=O)Nc1ccc(F)cc1OC. The predicted molar refractivity (Wildman–Crippen MR) is 91.6 cm³/mol. The summed E-state index contributed by atoms with van der Waals surface area (Å²) in [5.41, 5.74) is 1.46. The van der Waals surface area contributed by atoms with E-state index in [1.165, 1.54) is 25.3 Å². The normalized spacial score (nSPS) is 11.7. The van der Waals surface area contributed by atoms with E-state index in [4.69, 9.17) is 4.74 Å². The van der Waals surface area contributed by atoms with Crippen LogP contribution >= 0.6 is 0 Å². The summed E-state index contributed by atoms with van der Waals surface area (Å²) in [6.45, 7) is 4.49. The molecule has 0 fully saturated rings. The van der Waals surface area contributed by atoms with Gasteiger partial charge in [-0.2, -0.15) is 0 Å². The molecule has 2 aromatic rings. The van der Waals surface area contributed by atoms with Crippen molar-refractivity contribution in [3.05, 3.63) is 54.1 Å². The molecule has 0 aliphatic heterocycles. The van der Waals surface area contributed by atoms with E-state index in [0.29, 0.717) is 12.2 Å². The van der Waals surface area contributed by atoms with Crippen LogP contribution in [0.1, 0.15) is 31.9 Å². The number of hydrogen-bond donors (Lipinski definition) is 1. The highest BCUT2D eigenvalue weighted by Crippen LogP contribution is 2.28. The standard InChI is InChI=1S/C18H22FN3O2/c1-4-16(13-8-10-20-11-9-13)22(5-2)18(23)21-15-7-6-14(19)12-17(15)24-3/h6-12,16H,4-5H2,1-3H3,(H,21,23)/t16-/m1/s1. The Bertz CT molecular complexity index is 679. The molecule has 1 N–H and O–H groups in total. The predicted octanol–water partition coefficient (Wildman–Crippen LogP) is 4.23.